The number of ether oxygens (including phenoxy) is 1. The molecule has 2 aromatic carbocycles. The molecule has 0 N–H and O–H groups in total. The minimum absolute atomic E-state index is 0.621. The maximum absolute atomic E-state index is 5.63. The average Bonchev–Trinajstić information content (AvgIpc) is 2.66. The second-order valence-electron chi connectivity index (χ2n) is 5.95. The molecule has 0 aliphatic heterocycles. The first-order valence-corrected chi connectivity index (χ1v) is 9.05. The van der Waals surface area contributed by atoms with E-state index in [1.54, 1.807) is 0 Å². The van der Waals surface area contributed by atoms with Gasteiger partial charge in [0.1, 0.15) is 5.75 Å². The lowest BCUT2D eigenvalue weighted by Crippen LogP contribution is -1.95. The molecule has 0 heterocycles. The highest BCUT2D eigenvalue weighted by molar-refractivity contribution is 5.44. The van der Waals surface area contributed by atoms with E-state index in [0.717, 1.165) is 29.7 Å². The van der Waals surface area contributed by atoms with Crippen molar-refractivity contribution in [3.05, 3.63) is 65.2 Å². The Bertz CT molecular complexity index is 746. The zero-order valence-electron chi connectivity index (χ0n) is 15.3. The Kier molecular flexibility index (Phi) is 8.23. The van der Waals surface area contributed by atoms with Crippen molar-refractivity contribution in [2.45, 2.75) is 46.0 Å². The molecule has 128 valence electrons. The molecule has 0 amide bonds. The van der Waals surface area contributed by atoms with Crippen LogP contribution in [0.5, 0.6) is 5.75 Å². The van der Waals surface area contributed by atoms with Gasteiger partial charge < -0.3 is 4.74 Å². The molecule has 2 rings (SSSR count). The Balaban J connectivity index is 1.88. The van der Waals surface area contributed by atoms with Crippen molar-refractivity contribution in [1.29, 1.82) is 0 Å². The highest BCUT2D eigenvalue weighted by atomic mass is 16.5. The van der Waals surface area contributed by atoms with E-state index in [1.807, 2.05) is 31.2 Å². The highest BCUT2D eigenvalue weighted by Gasteiger charge is 1.95. The monoisotopic (exact) mass is 330 g/mol. The van der Waals surface area contributed by atoms with E-state index < -0.39 is 0 Å². The normalized spacial score (nSPS) is 9.52. The van der Waals surface area contributed by atoms with Crippen LogP contribution in [0.3, 0.4) is 0 Å². The smallest absolute Gasteiger partial charge is 0.119 e. The lowest BCUT2D eigenvalue weighted by atomic mass is 10.1. The van der Waals surface area contributed by atoms with E-state index >= 15 is 0 Å². The summed E-state index contributed by atoms with van der Waals surface area (Å²) in [6.07, 6.45) is 5.74. The van der Waals surface area contributed by atoms with Crippen molar-refractivity contribution < 1.29 is 4.74 Å². The topological polar surface area (TPSA) is 9.23 Å². The van der Waals surface area contributed by atoms with Crippen LogP contribution < -0.4 is 4.74 Å². The first kappa shape index (κ1) is 18.7. The summed E-state index contributed by atoms with van der Waals surface area (Å²) in [5, 5.41) is 0. The highest BCUT2D eigenvalue weighted by Crippen LogP contribution is 2.12. The molecule has 0 saturated carbocycles. The van der Waals surface area contributed by atoms with Crippen LogP contribution in [-0.4, -0.2) is 6.61 Å². The largest absolute Gasteiger partial charge is 0.493 e. The number of hydrogen-bond acceptors (Lipinski definition) is 1. The Morgan fingerprint density at radius 3 is 2.08 bits per heavy atom. The van der Waals surface area contributed by atoms with Crippen LogP contribution >= 0.6 is 0 Å². The molecule has 0 aliphatic carbocycles. The molecular weight excluding hydrogens is 304 g/mol. The van der Waals surface area contributed by atoms with Crippen molar-refractivity contribution in [2.24, 2.45) is 0 Å². The van der Waals surface area contributed by atoms with Crippen LogP contribution in [-0.2, 0) is 6.42 Å². The van der Waals surface area contributed by atoms with E-state index in [9.17, 15) is 0 Å². The minimum Gasteiger partial charge on any atom is -0.493 e. The maximum atomic E-state index is 5.63. The van der Waals surface area contributed by atoms with Crippen LogP contribution in [0.15, 0.2) is 48.5 Å². The average molecular weight is 330 g/mol. The molecule has 0 saturated heterocycles. The summed E-state index contributed by atoms with van der Waals surface area (Å²) in [5.74, 6) is 13.1. The van der Waals surface area contributed by atoms with Crippen LogP contribution in [0, 0.1) is 23.7 Å². The second kappa shape index (κ2) is 11.0. The fourth-order valence-corrected chi connectivity index (χ4v) is 2.46. The predicted octanol–water partition coefficient (Wildman–Crippen LogP) is 5.61. The number of benzene rings is 2. The summed E-state index contributed by atoms with van der Waals surface area (Å²) in [7, 11) is 0. The van der Waals surface area contributed by atoms with Gasteiger partial charge in [0.25, 0.3) is 0 Å². The van der Waals surface area contributed by atoms with Crippen molar-refractivity contribution in [3.63, 3.8) is 0 Å². The molecule has 0 radical (unpaired) electrons. The van der Waals surface area contributed by atoms with Crippen LogP contribution in [0.25, 0.3) is 0 Å². The third kappa shape index (κ3) is 7.19. The van der Waals surface area contributed by atoms with Gasteiger partial charge in [-0.05, 0) is 61.7 Å². The zero-order valence-corrected chi connectivity index (χ0v) is 15.3. The second-order valence-corrected chi connectivity index (χ2v) is 5.95. The zero-order chi connectivity index (χ0) is 17.7. The SMILES string of the molecule is CC#CCCOc1ccc(C#Cc2ccc(CCCCC)cc2)cc1. The molecular formula is C24H26O. The summed E-state index contributed by atoms with van der Waals surface area (Å²) in [6.45, 7) is 4.70. The molecule has 0 aliphatic rings. The van der Waals surface area contributed by atoms with Crippen LogP contribution in [0.4, 0.5) is 0 Å². The fraction of sp³-hybridized carbons (Fsp3) is 0.333. The van der Waals surface area contributed by atoms with Crippen LogP contribution in [0.2, 0.25) is 0 Å². The van der Waals surface area contributed by atoms with E-state index in [-0.39, 0.29) is 0 Å². The molecule has 1 heteroatoms. The van der Waals surface area contributed by atoms with Gasteiger partial charge in [-0.25, -0.2) is 0 Å². The third-order valence-corrected chi connectivity index (χ3v) is 3.90. The molecule has 0 atom stereocenters. The molecule has 2 aromatic rings. The van der Waals surface area contributed by atoms with Crippen LogP contribution in [0.1, 0.15) is 56.2 Å². The summed E-state index contributed by atoms with van der Waals surface area (Å²) in [4.78, 5) is 0. The number of aryl methyl sites for hydroxylation is 1. The summed E-state index contributed by atoms with van der Waals surface area (Å²) in [6, 6.07) is 16.5. The Labute approximate surface area is 152 Å². The lowest BCUT2D eigenvalue weighted by Gasteiger charge is -2.03. The maximum Gasteiger partial charge on any atom is 0.119 e. The van der Waals surface area contributed by atoms with Gasteiger partial charge in [-0.1, -0.05) is 43.7 Å². The molecule has 0 aromatic heterocycles. The lowest BCUT2D eigenvalue weighted by molar-refractivity contribution is 0.327. The van der Waals surface area contributed by atoms with E-state index in [4.69, 9.17) is 4.74 Å². The van der Waals surface area contributed by atoms with E-state index in [0.29, 0.717) is 6.61 Å². The molecule has 0 fully saturated rings. The van der Waals surface area contributed by atoms with E-state index in [2.05, 4.69) is 54.9 Å². The first-order valence-electron chi connectivity index (χ1n) is 9.05. The van der Waals surface area contributed by atoms with Gasteiger partial charge in [0.15, 0.2) is 0 Å². The molecule has 25 heavy (non-hydrogen) atoms. The summed E-state index contributed by atoms with van der Waals surface area (Å²) < 4.78 is 5.63. The van der Waals surface area contributed by atoms with Crippen molar-refractivity contribution in [2.75, 3.05) is 6.61 Å². The number of rotatable bonds is 7. The number of unbranched alkanes of at least 4 members (excludes halogenated alkanes) is 2. The van der Waals surface area contributed by atoms with Gasteiger partial charge in [-0.15, -0.1) is 11.8 Å². The van der Waals surface area contributed by atoms with Gasteiger partial charge in [-0.3, -0.25) is 0 Å². The van der Waals surface area contributed by atoms with Gasteiger partial charge >= 0.3 is 0 Å². The summed E-state index contributed by atoms with van der Waals surface area (Å²) >= 11 is 0. The van der Waals surface area contributed by atoms with Gasteiger partial charge in [0.2, 0.25) is 0 Å². The first-order chi connectivity index (χ1) is 12.3. The summed E-state index contributed by atoms with van der Waals surface area (Å²) in [5.41, 5.74) is 3.44. The van der Waals surface area contributed by atoms with Crippen molar-refractivity contribution in [3.8, 4) is 29.4 Å². The quantitative estimate of drug-likeness (QED) is 0.473. The molecule has 1 nitrogen and oxygen atoms in total. The van der Waals surface area contributed by atoms with Crippen molar-refractivity contribution in [1.82, 2.24) is 0 Å². The molecule has 0 unspecified atom stereocenters. The standard InChI is InChI=1S/C24H26O/c1-3-5-7-9-21-10-12-22(13-11-21)14-15-23-16-18-24(19-17-23)25-20-8-6-4-2/h10-13,16-19H,3,5,7-9,20H2,1-2H3. The Morgan fingerprint density at radius 2 is 1.48 bits per heavy atom. The van der Waals surface area contributed by atoms with Gasteiger partial charge in [-0.2, -0.15) is 0 Å². The van der Waals surface area contributed by atoms with Gasteiger partial charge in [0, 0.05) is 17.5 Å². The van der Waals surface area contributed by atoms with Crippen molar-refractivity contribution >= 4 is 0 Å². The molecule has 0 spiro atoms. The molecule has 0 bridgehead atoms. The Morgan fingerprint density at radius 1 is 0.840 bits per heavy atom. The third-order valence-electron chi connectivity index (χ3n) is 3.90. The van der Waals surface area contributed by atoms with E-state index in [1.165, 1.54) is 24.8 Å². The number of hydrogen-bond donors (Lipinski definition) is 0. The predicted molar refractivity (Wildman–Crippen MR) is 106 cm³/mol. The fourth-order valence-electron chi connectivity index (χ4n) is 2.46. The van der Waals surface area contributed by atoms with Gasteiger partial charge in [0.05, 0.1) is 6.61 Å². The minimum atomic E-state index is 0.621. The Hall–Kier alpha value is -2.64.